The Hall–Kier alpha value is -0.120. The van der Waals surface area contributed by atoms with Gasteiger partial charge in [0.2, 0.25) is 0 Å². The highest BCUT2D eigenvalue weighted by molar-refractivity contribution is 4.80. The fourth-order valence-electron chi connectivity index (χ4n) is 2.50. The number of hydrogen-bond acceptors (Lipinski definition) is 3. The van der Waals surface area contributed by atoms with E-state index in [-0.39, 0.29) is 6.10 Å². The molecule has 1 saturated heterocycles. The standard InChI is InChI=1S/C14H30N2O/c1-5-16-8-6-7-13(10-16)12(4)15-9-14(17)11(2)3/h11-15,17H,5-10H2,1-4H3. The summed E-state index contributed by atoms with van der Waals surface area (Å²) < 4.78 is 0. The van der Waals surface area contributed by atoms with Crippen LogP contribution in [0, 0.1) is 11.8 Å². The van der Waals surface area contributed by atoms with Crippen molar-refractivity contribution in [2.24, 2.45) is 11.8 Å². The molecule has 0 amide bonds. The van der Waals surface area contributed by atoms with Gasteiger partial charge < -0.3 is 15.3 Å². The molecule has 0 radical (unpaired) electrons. The van der Waals surface area contributed by atoms with Crippen LogP contribution in [0.25, 0.3) is 0 Å². The second-order valence-electron chi connectivity index (χ2n) is 5.80. The lowest BCUT2D eigenvalue weighted by Gasteiger charge is -2.36. The van der Waals surface area contributed by atoms with Gasteiger partial charge in [-0.15, -0.1) is 0 Å². The third-order valence-electron chi connectivity index (χ3n) is 4.11. The third-order valence-corrected chi connectivity index (χ3v) is 4.11. The average Bonchev–Trinajstić information content (AvgIpc) is 2.35. The highest BCUT2D eigenvalue weighted by atomic mass is 16.3. The molecule has 0 spiro atoms. The van der Waals surface area contributed by atoms with Crippen LogP contribution in [0.15, 0.2) is 0 Å². The van der Waals surface area contributed by atoms with Gasteiger partial charge in [0.15, 0.2) is 0 Å². The SMILES string of the molecule is CCN1CCCC(C(C)NCC(O)C(C)C)C1. The third kappa shape index (κ3) is 4.94. The molecule has 2 N–H and O–H groups in total. The van der Waals surface area contributed by atoms with Gasteiger partial charge in [-0.05, 0) is 44.7 Å². The molecule has 0 aromatic rings. The van der Waals surface area contributed by atoms with Crippen molar-refractivity contribution in [2.75, 3.05) is 26.2 Å². The number of aliphatic hydroxyl groups is 1. The fourth-order valence-corrected chi connectivity index (χ4v) is 2.50. The maximum atomic E-state index is 9.80. The van der Waals surface area contributed by atoms with E-state index in [9.17, 15) is 5.11 Å². The number of nitrogens with zero attached hydrogens (tertiary/aromatic N) is 1. The first-order valence-electron chi connectivity index (χ1n) is 7.18. The molecule has 102 valence electrons. The molecule has 3 heteroatoms. The monoisotopic (exact) mass is 242 g/mol. The summed E-state index contributed by atoms with van der Waals surface area (Å²) in [5.74, 6) is 1.08. The maximum absolute atomic E-state index is 9.80. The Morgan fingerprint density at radius 2 is 2.06 bits per heavy atom. The quantitative estimate of drug-likeness (QED) is 0.744. The van der Waals surface area contributed by atoms with Crippen LogP contribution in [-0.4, -0.2) is 48.3 Å². The molecule has 3 nitrogen and oxygen atoms in total. The fraction of sp³-hybridized carbons (Fsp3) is 1.00. The second-order valence-corrected chi connectivity index (χ2v) is 5.80. The van der Waals surface area contributed by atoms with Gasteiger partial charge in [-0.25, -0.2) is 0 Å². The van der Waals surface area contributed by atoms with Crippen LogP contribution in [-0.2, 0) is 0 Å². The molecular weight excluding hydrogens is 212 g/mol. The lowest BCUT2D eigenvalue weighted by Crippen LogP contribution is -2.46. The molecule has 0 aromatic carbocycles. The molecule has 17 heavy (non-hydrogen) atoms. The summed E-state index contributed by atoms with van der Waals surface area (Å²) >= 11 is 0. The Morgan fingerprint density at radius 3 is 2.65 bits per heavy atom. The predicted molar refractivity (Wildman–Crippen MR) is 73.1 cm³/mol. The summed E-state index contributed by atoms with van der Waals surface area (Å²) in [5, 5.41) is 13.3. The first-order chi connectivity index (χ1) is 8.04. The first-order valence-corrected chi connectivity index (χ1v) is 7.18. The van der Waals surface area contributed by atoms with Crippen LogP contribution in [0.2, 0.25) is 0 Å². The molecule has 1 rings (SSSR count). The summed E-state index contributed by atoms with van der Waals surface area (Å²) in [7, 11) is 0. The number of hydrogen-bond donors (Lipinski definition) is 2. The molecule has 0 aliphatic carbocycles. The van der Waals surface area contributed by atoms with Crippen molar-refractivity contribution in [3.8, 4) is 0 Å². The Balaban J connectivity index is 2.29. The molecule has 1 aliphatic rings. The lowest BCUT2D eigenvalue weighted by molar-refractivity contribution is 0.107. The molecular formula is C14H30N2O. The number of rotatable bonds is 6. The second kappa shape index (κ2) is 7.34. The van der Waals surface area contributed by atoms with Crippen LogP contribution in [0.1, 0.15) is 40.5 Å². The van der Waals surface area contributed by atoms with E-state index in [1.54, 1.807) is 0 Å². The highest BCUT2D eigenvalue weighted by Crippen LogP contribution is 2.19. The minimum atomic E-state index is -0.219. The smallest absolute Gasteiger partial charge is 0.0687 e. The van der Waals surface area contributed by atoms with Crippen molar-refractivity contribution in [3.63, 3.8) is 0 Å². The number of nitrogens with one attached hydrogen (secondary N) is 1. The maximum Gasteiger partial charge on any atom is 0.0687 e. The number of aliphatic hydroxyl groups excluding tert-OH is 1. The van der Waals surface area contributed by atoms with Gasteiger partial charge in [0.05, 0.1) is 6.10 Å². The van der Waals surface area contributed by atoms with E-state index >= 15 is 0 Å². The zero-order valence-corrected chi connectivity index (χ0v) is 11.9. The van der Waals surface area contributed by atoms with Gasteiger partial charge in [0.1, 0.15) is 0 Å². The van der Waals surface area contributed by atoms with Gasteiger partial charge >= 0.3 is 0 Å². The Morgan fingerprint density at radius 1 is 1.35 bits per heavy atom. The van der Waals surface area contributed by atoms with E-state index in [0.717, 1.165) is 19.0 Å². The zero-order chi connectivity index (χ0) is 12.8. The van der Waals surface area contributed by atoms with E-state index < -0.39 is 0 Å². The largest absolute Gasteiger partial charge is 0.392 e. The van der Waals surface area contributed by atoms with Crippen LogP contribution >= 0.6 is 0 Å². The summed E-state index contributed by atoms with van der Waals surface area (Å²) in [4.78, 5) is 2.53. The van der Waals surface area contributed by atoms with E-state index in [1.807, 2.05) is 0 Å². The van der Waals surface area contributed by atoms with Crippen molar-refractivity contribution in [2.45, 2.75) is 52.7 Å². The molecule has 3 unspecified atom stereocenters. The molecule has 3 atom stereocenters. The van der Waals surface area contributed by atoms with Crippen LogP contribution in [0.3, 0.4) is 0 Å². The molecule has 1 fully saturated rings. The molecule has 0 bridgehead atoms. The van der Waals surface area contributed by atoms with Gasteiger partial charge in [-0.1, -0.05) is 20.8 Å². The van der Waals surface area contributed by atoms with E-state index in [2.05, 4.69) is 37.9 Å². The average molecular weight is 242 g/mol. The van der Waals surface area contributed by atoms with Crippen LogP contribution < -0.4 is 5.32 Å². The van der Waals surface area contributed by atoms with Gasteiger partial charge in [-0.3, -0.25) is 0 Å². The summed E-state index contributed by atoms with van der Waals surface area (Å²) in [6.07, 6.45) is 2.42. The molecule has 0 aromatic heterocycles. The highest BCUT2D eigenvalue weighted by Gasteiger charge is 2.24. The minimum absolute atomic E-state index is 0.219. The van der Waals surface area contributed by atoms with E-state index in [0.29, 0.717) is 12.0 Å². The van der Waals surface area contributed by atoms with Crippen LogP contribution in [0.5, 0.6) is 0 Å². The van der Waals surface area contributed by atoms with Gasteiger partial charge in [0.25, 0.3) is 0 Å². The van der Waals surface area contributed by atoms with Crippen molar-refractivity contribution in [3.05, 3.63) is 0 Å². The van der Waals surface area contributed by atoms with Gasteiger partial charge in [-0.2, -0.15) is 0 Å². The Kier molecular flexibility index (Phi) is 6.45. The lowest BCUT2D eigenvalue weighted by atomic mass is 9.91. The zero-order valence-electron chi connectivity index (χ0n) is 11.9. The number of likely N-dealkylation sites (tertiary alicyclic amines) is 1. The minimum Gasteiger partial charge on any atom is -0.392 e. The summed E-state index contributed by atoms with van der Waals surface area (Å²) in [6, 6.07) is 0.512. The summed E-state index contributed by atoms with van der Waals surface area (Å²) in [6.45, 7) is 13.0. The van der Waals surface area contributed by atoms with Crippen molar-refractivity contribution in [1.82, 2.24) is 10.2 Å². The molecule has 1 heterocycles. The molecule has 0 saturated carbocycles. The van der Waals surface area contributed by atoms with Crippen LogP contribution in [0.4, 0.5) is 0 Å². The van der Waals surface area contributed by atoms with Gasteiger partial charge in [0, 0.05) is 19.1 Å². The van der Waals surface area contributed by atoms with Crippen molar-refractivity contribution >= 4 is 0 Å². The van der Waals surface area contributed by atoms with Crippen molar-refractivity contribution < 1.29 is 5.11 Å². The number of piperidine rings is 1. The Labute approximate surface area is 107 Å². The van der Waals surface area contributed by atoms with Crippen molar-refractivity contribution in [1.29, 1.82) is 0 Å². The topological polar surface area (TPSA) is 35.5 Å². The molecule has 1 aliphatic heterocycles. The van der Waals surface area contributed by atoms with E-state index in [4.69, 9.17) is 0 Å². The first kappa shape index (κ1) is 14.9. The van der Waals surface area contributed by atoms with E-state index in [1.165, 1.54) is 25.9 Å². The Bertz CT molecular complexity index is 208. The normalized spacial score (nSPS) is 26.1. The predicted octanol–water partition coefficient (Wildman–Crippen LogP) is 1.71. The summed E-state index contributed by atoms with van der Waals surface area (Å²) in [5.41, 5.74) is 0.